The fourth-order valence-electron chi connectivity index (χ4n) is 2.51. The van der Waals surface area contributed by atoms with Gasteiger partial charge in [-0.3, -0.25) is 4.57 Å². The number of benzene rings is 2. The number of hydrogen-bond donors (Lipinski definition) is 1. The smallest absolute Gasteiger partial charge is 0.322 e. The van der Waals surface area contributed by atoms with Crippen LogP contribution in [0.15, 0.2) is 54.6 Å². The van der Waals surface area contributed by atoms with Crippen molar-refractivity contribution in [3.63, 3.8) is 0 Å². The molecular weight excluding hydrogens is 335 g/mol. The predicted octanol–water partition coefficient (Wildman–Crippen LogP) is 3.45. The quantitative estimate of drug-likeness (QED) is 0.669. The van der Waals surface area contributed by atoms with Gasteiger partial charge < -0.3 is 15.2 Å². The molecule has 1 atom stereocenters. The summed E-state index contributed by atoms with van der Waals surface area (Å²) in [6.07, 6.45) is 0. The summed E-state index contributed by atoms with van der Waals surface area (Å²) in [5, 5.41) is 8.19. The zero-order chi connectivity index (χ0) is 18.4. The number of ether oxygens (including phenoxy) is 2. The van der Waals surface area contributed by atoms with Gasteiger partial charge in [0.25, 0.3) is 0 Å². The Labute approximate surface area is 151 Å². The van der Waals surface area contributed by atoms with Crippen molar-refractivity contribution in [3.05, 3.63) is 71.8 Å². The number of nitrogens with zero attached hydrogens (tertiary/aromatic N) is 3. The molecule has 0 radical (unpaired) electrons. The van der Waals surface area contributed by atoms with Crippen molar-refractivity contribution in [1.29, 1.82) is 0 Å². The average Bonchev–Trinajstić information content (AvgIpc) is 3.07. The van der Waals surface area contributed by atoms with Crippen LogP contribution < -0.4 is 10.5 Å². The first-order valence-corrected chi connectivity index (χ1v) is 8.41. The summed E-state index contributed by atoms with van der Waals surface area (Å²) < 4.78 is 26.2. The van der Waals surface area contributed by atoms with E-state index < -0.39 is 6.04 Å². The maximum atomic E-state index is 13.0. The molecule has 0 fully saturated rings. The molecular formula is C19H21FN4O2. The third-order valence-electron chi connectivity index (χ3n) is 3.83. The Morgan fingerprint density at radius 3 is 2.50 bits per heavy atom. The van der Waals surface area contributed by atoms with Crippen molar-refractivity contribution in [1.82, 2.24) is 14.8 Å². The van der Waals surface area contributed by atoms with Gasteiger partial charge in [0.15, 0.2) is 5.82 Å². The van der Waals surface area contributed by atoms with Crippen molar-refractivity contribution in [2.75, 3.05) is 6.61 Å². The van der Waals surface area contributed by atoms with Crippen LogP contribution in [0.4, 0.5) is 4.39 Å². The molecule has 136 valence electrons. The highest BCUT2D eigenvalue weighted by Gasteiger charge is 2.19. The first-order chi connectivity index (χ1) is 12.7. The van der Waals surface area contributed by atoms with Crippen LogP contribution in [0.2, 0.25) is 0 Å². The van der Waals surface area contributed by atoms with Crippen molar-refractivity contribution in [2.24, 2.45) is 5.73 Å². The van der Waals surface area contributed by atoms with E-state index in [0.717, 1.165) is 5.56 Å². The Hall–Kier alpha value is -2.77. The molecule has 1 aromatic heterocycles. The number of rotatable bonds is 8. The van der Waals surface area contributed by atoms with E-state index in [-0.39, 0.29) is 5.82 Å². The normalized spacial score (nSPS) is 12.1. The molecule has 0 saturated heterocycles. The van der Waals surface area contributed by atoms with Gasteiger partial charge >= 0.3 is 6.01 Å². The molecule has 0 aliphatic rings. The Balaban J connectivity index is 1.63. The number of aromatic nitrogens is 3. The van der Waals surface area contributed by atoms with Crippen LogP contribution >= 0.6 is 0 Å². The van der Waals surface area contributed by atoms with E-state index in [9.17, 15) is 4.39 Å². The third kappa shape index (κ3) is 4.44. The average molecular weight is 356 g/mol. The Bertz CT molecular complexity index is 821. The predicted molar refractivity (Wildman–Crippen MR) is 95.2 cm³/mol. The maximum Gasteiger partial charge on any atom is 0.322 e. The second kappa shape index (κ2) is 8.55. The summed E-state index contributed by atoms with van der Waals surface area (Å²) in [7, 11) is 0. The summed E-state index contributed by atoms with van der Waals surface area (Å²) >= 11 is 0. The molecule has 2 N–H and O–H groups in total. The number of nitrogens with two attached hydrogens (primary N) is 1. The van der Waals surface area contributed by atoms with E-state index in [1.54, 1.807) is 4.57 Å². The van der Waals surface area contributed by atoms with Crippen molar-refractivity contribution in [2.45, 2.75) is 26.1 Å². The molecule has 26 heavy (non-hydrogen) atoms. The summed E-state index contributed by atoms with van der Waals surface area (Å²) in [6.45, 7) is 3.32. The van der Waals surface area contributed by atoms with Gasteiger partial charge in [0.2, 0.25) is 0 Å². The monoisotopic (exact) mass is 356 g/mol. The Morgan fingerprint density at radius 1 is 1.08 bits per heavy atom. The third-order valence-corrected chi connectivity index (χ3v) is 3.83. The molecule has 0 aliphatic carbocycles. The Kier molecular flexibility index (Phi) is 5.93. The molecule has 2 aromatic carbocycles. The van der Waals surface area contributed by atoms with E-state index in [1.807, 2.05) is 37.3 Å². The van der Waals surface area contributed by atoms with Crippen LogP contribution in [0.5, 0.6) is 11.8 Å². The van der Waals surface area contributed by atoms with Crippen LogP contribution in [-0.2, 0) is 17.9 Å². The summed E-state index contributed by atoms with van der Waals surface area (Å²) in [6, 6.07) is 15.5. The molecule has 0 saturated carbocycles. The van der Waals surface area contributed by atoms with Gasteiger partial charge in [-0.25, -0.2) is 4.39 Å². The molecule has 3 aromatic rings. The van der Waals surface area contributed by atoms with Gasteiger partial charge in [-0.15, -0.1) is 5.10 Å². The van der Waals surface area contributed by atoms with Crippen LogP contribution in [0.1, 0.15) is 24.4 Å². The van der Waals surface area contributed by atoms with Gasteiger partial charge in [-0.2, -0.15) is 0 Å². The minimum atomic E-state index is -0.434. The van der Waals surface area contributed by atoms with E-state index in [1.165, 1.54) is 24.3 Å². The standard InChI is InChI=1S/C19H21FN4O2/c1-2-24-18(17(21)13-25-12-14-6-4-3-5-7-14)22-23-19(24)26-16-10-8-15(20)9-11-16/h3-11,17H,2,12-13,21H2,1H3/t17-/m1/s1. The van der Waals surface area contributed by atoms with Crippen LogP contribution in [0, 0.1) is 5.82 Å². The van der Waals surface area contributed by atoms with Crippen molar-refractivity contribution >= 4 is 0 Å². The highest BCUT2D eigenvalue weighted by molar-refractivity contribution is 5.25. The fraction of sp³-hybridized carbons (Fsp3) is 0.263. The SMILES string of the molecule is CCn1c(Oc2ccc(F)cc2)nnc1[C@H](N)COCc1ccccc1. The van der Waals surface area contributed by atoms with Gasteiger partial charge in [0.1, 0.15) is 11.6 Å². The largest absolute Gasteiger partial charge is 0.424 e. The van der Waals surface area contributed by atoms with Crippen molar-refractivity contribution in [3.8, 4) is 11.8 Å². The lowest BCUT2D eigenvalue weighted by atomic mass is 10.2. The van der Waals surface area contributed by atoms with E-state index in [0.29, 0.717) is 37.3 Å². The molecule has 6 nitrogen and oxygen atoms in total. The first kappa shape index (κ1) is 18.0. The van der Waals surface area contributed by atoms with Gasteiger partial charge in [0.05, 0.1) is 19.3 Å². The fourth-order valence-corrected chi connectivity index (χ4v) is 2.51. The summed E-state index contributed by atoms with van der Waals surface area (Å²) in [5.41, 5.74) is 7.29. The highest BCUT2D eigenvalue weighted by Crippen LogP contribution is 2.22. The highest BCUT2D eigenvalue weighted by atomic mass is 19.1. The summed E-state index contributed by atoms with van der Waals surface area (Å²) in [4.78, 5) is 0. The molecule has 1 heterocycles. The van der Waals surface area contributed by atoms with Crippen LogP contribution in [-0.4, -0.2) is 21.4 Å². The maximum absolute atomic E-state index is 13.0. The van der Waals surface area contributed by atoms with Crippen LogP contribution in [0.3, 0.4) is 0 Å². The molecule has 0 unspecified atom stereocenters. The van der Waals surface area contributed by atoms with E-state index in [4.69, 9.17) is 15.2 Å². The number of halogens is 1. The molecule has 0 amide bonds. The summed E-state index contributed by atoms with van der Waals surface area (Å²) in [5.74, 6) is 0.735. The number of hydrogen-bond acceptors (Lipinski definition) is 5. The first-order valence-electron chi connectivity index (χ1n) is 8.41. The second-order valence-corrected chi connectivity index (χ2v) is 5.75. The molecule has 7 heteroatoms. The zero-order valence-corrected chi connectivity index (χ0v) is 14.5. The zero-order valence-electron chi connectivity index (χ0n) is 14.5. The van der Waals surface area contributed by atoms with Gasteiger partial charge in [0, 0.05) is 6.54 Å². The Morgan fingerprint density at radius 2 is 1.81 bits per heavy atom. The lowest BCUT2D eigenvalue weighted by Gasteiger charge is -2.14. The molecule has 0 aliphatic heterocycles. The van der Waals surface area contributed by atoms with Crippen molar-refractivity contribution < 1.29 is 13.9 Å². The lowest BCUT2D eigenvalue weighted by Crippen LogP contribution is -2.21. The van der Waals surface area contributed by atoms with Gasteiger partial charge in [-0.1, -0.05) is 35.4 Å². The lowest BCUT2D eigenvalue weighted by molar-refractivity contribution is 0.105. The van der Waals surface area contributed by atoms with Gasteiger partial charge in [-0.05, 0) is 36.8 Å². The van der Waals surface area contributed by atoms with E-state index >= 15 is 0 Å². The topological polar surface area (TPSA) is 75.2 Å². The van der Waals surface area contributed by atoms with E-state index in [2.05, 4.69) is 10.2 Å². The minimum absolute atomic E-state index is 0.309. The molecule has 0 spiro atoms. The molecule has 0 bridgehead atoms. The second-order valence-electron chi connectivity index (χ2n) is 5.75. The van der Waals surface area contributed by atoms with Crippen LogP contribution in [0.25, 0.3) is 0 Å². The molecule has 3 rings (SSSR count). The minimum Gasteiger partial charge on any atom is -0.424 e.